The Kier molecular flexibility index (Phi) is 5.68. The van der Waals surface area contributed by atoms with Gasteiger partial charge in [-0.05, 0) is 35.9 Å². The van der Waals surface area contributed by atoms with E-state index in [1.807, 2.05) is 0 Å². The molecule has 3 rings (SSSR count). The van der Waals surface area contributed by atoms with Crippen LogP contribution in [0.4, 0.5) is 4.39 Å². The molecule has 3 nitrogen and oxygen atoms in total. The van der Waals surface area contributed by atoms with Gasteiger partial charge in [0.25, 0.3) is 0 Å². The summed E-state index contributed by atoms with van der Waals surface area (Å²) in [5.74, 6) is -0.206. The minimum absolute atomic E-state index is 0.281. The van der Waals surface area contributed by atoms with Gasteiger partial charge in [-0.25, -0.2) is 14.2 Å². The number of thioether (sulfide) groups is 1. The van der Waals surface area contributed by atoms with Crippen molar-refractivity contribution in [3.8, 4) is 5.75 Å². The molecule has 0 atom stereocenters. The fraction of sp³-hybridized carbons (Fsp3) is 0.0526. The molecular weight excluding hydrogens is 361 g/mol. The third-order valence-corrected chi connectivity index (χ3v) is 4.72. The summed E-state index contributed by atoms with van der Waals surface area (Å²) in [7, 11) is 0. The standard InChI is InChI=1S/C19H13ClFNO2S/c20-15-8-2-4-10-17(15)24-19(23)14-7-5-11-22-18(14)25-12-13-6-1-3-9-16(13)21/h1-11H,12H2. The van der Waals surface area contributed by atoms with Gasteiger partial charge in [0.1, 0.15) is 16.6 Å². The van der Waals surface area contributed by atoms with E-state index in [1.165, 1.54) is 17.8 Å². The van der Waals surface area contributed by atoms with Crippen molar-refractivity contribution in [1.29, 1.82) is 0 Å². The van der Waals surface area contributed by atoms with E-state index < -0.39 is 5.97 Å². The third-order valence-electron chi connectivity index (χ3n) is 3.35. The number of pyridine rings is 1. The average molecular weight is 374 g/mol. The SMILES string of the molecule is O=C(Oc1ccccc1Cl)c1cccnc1SCc1ccccc1F. The molecule has 0 aliphatic carbocycles. The number of hydrogen-bond acceptors (Lipinski definition) is 4. The lowest BCUT2D eigenvalue weighted by Crippen LogP contribution is -2.11. The summed E-state index contributed by atoms with van der Waals surface area (Å²) >= 11 is 7.29. The molecule has 0 aliphatic heterocycles. The van der Waals surface area contributed by atoms with Crippen LogP contribution in [0.25, 0.3) is 0 Å². The zero-order valence-electron chi connectivity index (χ0n) is 13.0. The molecule has 0 saturated carbocycles. The minimum atomic E-state index is -0.558. The predicted molar refractivity (Wildman–Crippen MR) is 96.6 cm³/mol. The van der Waals surface area contributed by atoms with Crippen molar-refractivity contribution in [2.75, 3.05) is 0 Å². The van der Waals surface area contributed by atoms with Crippen molar-refractivity contribution >= 4 is 29.3 Å². The Hall–Kier alpha value is -2.37. The van der Waals surface area contributed by atoms with E-state index in [0.29, 0.717) is 26.9 Å². The third kappa shape index (κ3) is 4.38. The lowest BCUT2D eigenvalue weighted by atomic mass is 10.2. The van der Waals surface area contributed by atoms with Gasteiger partial charge >= 0.3 is 5.97 Å². The van der Waals surface area contributed by atoms with E-state index >= 15 is 0 Å². The number of aromatic nitrogens is 1. The summed E-state index contributed by atoms with van der Waals surface area (Å²) in [5.41, 5.74) is 0.854. The lowest BCUT2D eigenvalue weighted by Gasteiger charge is -2.09. The number of para-hydroxylation sites is 1. The molecule has 0 saturated heterocycles. The zero-order chi connectivity index (χ0) is 17.6. The molecule has 0 N–H and O–H groups in total. The van der Waals surface area contributed by atoms with Gasteiger partial charge in [-0.3, -0.25) is 0 Å². The number of carbonyl (C=O) groups is 1. The molecule has 3 aromatic rings. The van der Waals surface area contributed by atoms with E-state index in [9.17, 15) is 9.18 Å². The van der Waals surface area contributed by atoms with Crippen molar-refractivity contribution in [2.45, 2.75) is 10.8 Å². The molecule has 126 valence electrons. The first-order valence-corrected chi connectivity index (χ1v) is 8.79. The lowest BCUT2D eigenvalue weighted by molar-refractivity contribution is 0.0730. The fourth-order valence-electron chi connectivity index (χ4n) is 2.11. The van der Waals surface area contributed by atoms with Gasteiger partial charge in [0.05, 0.1) is 10.6 Å². The Bertz CT molecular complexity index is 904. The normalized spacial score (nSPS) is 10.5. The Labute approximate surface area is 153 Å². The Balaban J connectivity index is 1.77. The number of hydrogen-bond donors (Lipinski definition) is 0. The highest BCUT2D eigenvalue weighted by atomic mass is 35.5. The van der Waals surface area contributed by atoms with Gasteiger partial charge in [0, 0.05) is 11.9 Å². The van der Waals surface area contributed by atoms with Crippen molar-refractivity contribution in [3.63, 3.8) is 0 Å². The molecule has 0 spiro atoms. The van der Waals surface area contributed by atoms with Crippen LogP contribution < -0.4 is 4.74 Å². The van der Waals surface area contributed by atoms with Crippen LogP contribution in [-0.4, -0.2) is 11.0 Å². The van der Waals surface area contributed by atoms with Gasteiger partial charge in [-0.15, -0.1) is 11.8 Å². The van der Waals surface area contributed by atoms with Gasteiger partial charge in [-0.1, -0.05) is 41.9 Å². The molecule has 1 aromatic heterocycles. The summed E-state index contributed by atoms with van der Waals surface area (Å²) < 4.78 is 19.1. The Morgan fingerprint density at radius 1 is 1.08 bits per heavy atom. The molecule has 1 heterocycles. The second kappa shape index (κ2) is 8.14. The van der Waals surface area contributed by atoms with Gasteiger partial charge in [-0.2, -0.15) is 0 Å². The van der Waals surface area contributed by atoms with Crippen molar-refractivity contribution in [1.82, 2.24) is 4.98 Å². The number of carbonyl (C=O) groups excluding carboxylic acids is 1. The molecule has 0 radical (unpaired) electrons. The number of esters is 1. The summed E-state index contributed by atoms with van der Waals surface area (Å²) in [6.07, 6.45) is 1.58. The highest BCUT2D eigenvalue weighted by molar-refractivity contribution is 7.98. The Morgan fingerprint density at radius 2 is 1.84 bits per heavy atom. The topological polar surface area (TPSA) is 39.2 Å². The largest absolute Gasteiger partial charge is 0.421 e. The molecule has 0 bridgehead atoms. The molecule has 0 unspecified atom stereocenters. The number of ether oxygens (including phenoxy) is 1. The average Bonchev–Trinajstić information content (AvgIpc) is 2.63. The maximum absolute atomic E-state index is 13.7. The van der Waals surface area contributed by atoms with Crippen LogP contribution in [0.1, 0.15) is 15.9 Å². The predicted octanol–water partition coefficient (Wildman–Crippen LogP) is 5.39. The quantitative estimate of drug-likeness (QED) is 0.341. The van der Waals surface area contributed by atoms with Gasteiger partial charge < -0.3 is 4.74 Å². The minimum Gasteiger partial charge on any atom is -0.421 e. The van der Waals surface area contributed by atoms with Crippen LogP contribution in [0.3, 0.4) is 0 Å². The number of benzene rings is 2. The van der Waals surface area contributed by atoms with E-state index in [-0.39, 0.29) is 11.6 Å². The van der Waals surface area contributed by atoms with Crippen LogP contribution in [0.2, 0.25) is 5.02 Å². The van der Waals surface area contributed by atoms with Gasteiger partial charge in [0.15, 0.2) is 0 Å². The zero-order valence-corrected chi connectivity index (χ0v) is 14.6. The molecule has 0 fully saturated rings. The Morgan fingerprint density at radius 3 is 2.64 bits per heavy atom. The van der Waals surface area contributed by atoms with E-state index in [1.54, 1.807) is 60.8 Å². The smallest absolute Gasteiger partial charge is 0.346 e. The van der Waals surface area contributed by atoms with Crippen molar-refractivity contribution < 1.29 is 13.9 Å². The first-order valence-electron chi connectivity index (χ1n) is 7.43. The number of rotatable bonds is 5. The highest BCUT2D eigenvalue weighted by Crippen LogP contribution is 2.28. The molecule has 25 heavy (non-hydrogen) atoms. The summed E-state index contributed by atoms with van der Waals surface area (Å²) in [6.45, 7) is 0. The first-order chi connectivity index (χ1) is 12.1. The maximum Gasteiger partial charge on any atom is 0.346 e. The van der Waals surface area contributed by atoms with E-state index in [0.717, 1.165) is 0 Å². The van der Waals surface area contributed by atoms with E-state index in [4.69, 9.17) is 16.3 Å². The van der Waals surface area contributed by atoms with Crippen LogP contribution in [0, 0.1) is 5.82 Å². The van der Waals surface area contributed by atoms with Crippen molar-refractivity contribution in [3.05, 3.63) is 88.8 Å². The summed E-state index contributed by atoms with van der Waals surface area (Å²) in [5, 5.41) is 0.822. The molecular formula is C19H13ClFNO2S. The van der Waals surface area contributed by atoms with Crippen LogP contribution in [-0.2, 0) is 5.75 Å². The summed E-state index contributed by atoms with van der Waals surface area (Å²) in [4.78, 5) is 16.7. The molecule has 0 amide bonds. The second-order valence-corrected chi connectivity index (χ2v) is 6.43. The van der Waals surface area contributed by atoms with Gasteiger partial charge in [0.2, 0.25) is 0 Å². The molecule has 6 heteroatoms. The monoisotopic (exact) mass is 373 g/mol. The number of nitrogens with zero attached hydrogens (tertiary/aromatic N) is 1. The fourth-order valence-corrected chi connectivity index (χ4v) is 3.25. The van der Waals surface area contributed by atoms with Crippen molar-refractivity contribution in [2.24, 2.45) is 0 Å². The van der Waals surface area contributed by atoms with Crippen LogP contribution >= 0.6 is 23.4 Å². The van der Waals surface area contributed by atoms with E-state index in [2.05, 4.69) is 4.98 Å². The molecule has 2 aromatic carbocycles. The van der Waals surface area contributed by atoms with Crippen LogP contribution in [0.15, 0.2) is 71.9 Å². The second-order valence-electron chi connectivity index (χ2n) is 5.06. The number of halogens is 2. The molecule has 0 aliphatic rings. The van der Waals surface area contributed by atoms with Crippen LogP contribution in [0.5, 0.6) is 5.75 Å². The first kappa shape index (κ1) is 17.5. The maximum atomic E-state index is 13.7. The highest BCUT2D eigenvalue weighted by Gasteiger charge is 2.16. The summed E-state index contributed by atoms with van der Waals surface area (Å²) in [6, 6.07) is 16.5.